The van der Waals surface area contributed by atoms with Gasteiger partial charge in [-0.1, -0.05) is 30.3 Å². The molecule has 0 saturated carbocycles. The Morgan fingerprint density at radius 3 is 2.64 bits per heavy atom. The molecule has 0 radical (unpaired) electrons. The summed E-state index contributed by atoms with van der Waals surface area (Å²) in [6, 6.07) is 14.0. The second-order valence-corrected chi connectivity index (χ2v) is 6.67. The molecular formula is C21H24N2O2. The van der Waals surface area contributed by atoms with Crippen LogP contribution in [0.2, 0.25) is 0 Å². The Morgan fingerprint density at radius 1 is 1.12 bits per heavy atom. The highest BCUT2D eigenvalue weighted by Crippen LogP contribution is 2.28. The first-order chi connectivity index (χ1) is 12.0. The van der Waals surface area contributed by atoms with Gasteiger partial charge in [0.1, 0.15) is 6.54 Å². The molecule has 130 valence electrons. The van der Waals surface area contributed by atoms with Crippen LogP contribution in [-0.2, 0) is 16.0 Å². The van der Waals surface area contributed by atoms with Gasteiger partial charge in [0, 0.05) is 24.8 Å². The minimum absolute atomic E-state index is 0.0387. The summed E-state index contributed by atoms with van der Waals surface area (Å²) in [4.78, 5) is 28.6. The van der Waals surface area contributed by atoms with E-state index in [-0.39, 0.29) is 18.4 Å². The lowest BCUT2D eigenvalue weighted by Gasteiger charge is -2.32. The van der Waals surface area contributed by atoms with E-state index in [1.807, 2.05) is 55.1 Å². The molecule has 0 atom stereocenters. The minimum Gasteiger partial charge on any atom is -0.311 e. The largest absolute Gasteiger partial charge is 0.311 e. The maximum Gasteiger partial charge on any atom is 0.247 e. The highest BCUT2D eigenvalue weighted by molar-refractivity contribution is 6.03. The van der Waals surface area contributed by atoms with Crippen molar-refractivity contribution < 1.29 is 9.59 Å². The number of amides is 2. The summed E-state index contributed by atoms with van der Waals surface area (Å²) in [5, 5.41) is 0. The summed E-state index contributed by atoms with van der Waals surface area (Å²) in [6.45, 7) is 6.23. The number of nitrogens with zero attached hydrogens (tertiary/aromatic N) is 2. The number of para-hydroxylation sites is 1. The fraction of sp³-hybridized carbons (Fsp3) is 0.333. The Labute approximate surface area is 149 Å². The first-order valence-electron chi connectivity index (χ1n) is 8.71. The SMILES string of the molecule is CC(=O)N(CC(=O)N1CCCc2ccccc21)c1cc(C)ccc1C. The molecule has 1 heterocycles. The van der Waals surface area contributed by atoms with Gasteiger partial charge in [0.05, 0.1) is 0 Å². The molecule has 2 aromatic carbocycles. The molecule has 4 nitrogen and oxygen atoms in total. The molecule has 0 fully saturated rings. The zero-order valence-corrected chi connectivity index (χ0v) is 15.1. The number of benzene rings is 2. The van der Waals surface area contributed by atoms with Crippen LogP contribution in [0.4, 0.5) is 11.4 Å². The highest BCUT2D eigenvalue weighted by Gasteiger charge is 2.25. The predicted octanol–water partition coefficient (Wildman–Crippen LogP) is 3.64. The van der Waals surface area contributed by atoms with Crippen LogP contribution >= 0.6 is 0 Å². The number of anilines is 2. The number of carbonyl (C=O) groups excluding carboxylic acids is 2. The fourth-order valence-corrected chi connectivity index (χ4v) is 3.39. The lowest BCUT2D eigenvalue weighted by molar-refractivity contribution is -0.121. The van der Waals surface area contributed by atoms with Gasteiger partial charge >= 0.3 is 0 Å². The highest BCUT2D eigenvalue weighted by atomic mass is 16.2. The number of hydrogen-bond acceptors (Lipinski definition) is 2. The van der Waals surface area contributed by atoms with Gasteiger partial charge in [-0.15, -0.1) is 0 Å². The standard InChI is InChI=1S/C21H24N2O2/c1-15-10-11-16(2)20(13-15)23(17(3)24)14-21(25)22-12-6-8-18-7-4-5-9-19(18)22/h4-5,7,9-11,13H,6,8,12,14H2,1-3H3. The van der Waals surface area contributed by atoms with Crippen LogP contribution in [0.3, 0.4) is 0 Å². The lowest BCUT2D eigenvalue weighted by Crippen LogP contribution is -2.44. The Bertz CT molecular complexity index is 813. The first kappa shape index (κ1) is 17.2. The van der Waals surface area contributed by atoms with Gasteiger partial charge in [0.2, 0.25) is 11.8 Å². The third-order valence-electron chi connectivity index (χ3n) is 4.74. The molecule has 2 aromatic rings. The van der Waals surface area contributed by atoms with Crippen molar-refractivity contribution in [3.05, 3.63) is 59.2 Å². The van der Waals surface area contributed by atoms with E-state index >= 15 is 0 Å². The van der Waals surface area contributed by atoms with Crippen molar-refractivity contribution in [1.82, 2.24) is 0 Å². The Hall–Kier alpha value is -2.62. The smallest absolute Gasteiger partial charge is 0.247 e. The minimum atomic E-state index is -0.118. The molecule has 0 aromatic heterocycles. The summed E-state index contributed by atoms with van der Waals surface area (Å²) >= 11 is 0. The van der Waals surface area contributed by atoms with Gasteiger partial charge in [0.25, 0.3) is 0 Å². The third kappa shape index (κ3) is 3.58. The number of hydrogen-bond donors (Lipinski definition) is 0. The topological polar surface area (TPSA) is 40.6 Å². The Balaban J connectivity index is 1.88. The molecule has 1 aliphatic rings. The Kier molecular flexibility index (Phi) is 4.88. The quantitative estimate of drug-likeness (QED) is 0.859. The van der Waals surface area contributed by atoms with E-state index in [0.717, 1.165) is 35.3 Å². The molecule has 0 saturated heterocycles. The average Bonchev–Trinajstić information content (AvgIpc) is 2.61. The van der Waals surface area contributed by atoms with E-state index in [1.54, 1.807) is 4.90 Å². The first-order valence-corrected chi connectivity index (χ1v) is 8.71. The molecule has 2 amide bonds. The molecule has 0 unspecified atom stereocenters. The van der Waals surface area contributed by atoms with Crippen LogP contribution in [0.1, 0.15) is 30.0 Å². The summed E-state index contributed by atoms with van der Waals surface area (Å²) in [7, 11) is 0. The molecule has 0 bridgehead atoms. The van der Waals surface area contributed by atoms with E-state index < -0.39 is 0 Å². The van der Waals surface area contributed by atoms with Gasteiger partial charge in [-0.05, 0) is 55.5 Å². The van der Waals surface area contributed by atoms with Gasteiger partial charge in [-0.2, -0.15) is 0 Å². The van der Waals surface area contributed by atoms with Gasteiger partial charge < -0.3 is 9.80 Å². The van der Waals surface area contributed by atoms with Crippen molar-refractivity contribution >= 4 is 23.2 Å². The second-order valence-electron chi connectivity index (χ2n) is 6.67. The van der Waals surface area contributed by atoms with Crippen LogP contribution in [-0.4, -0.2) is 24.9 Å². The molecule has 3 rings (SSSR count). The summed E-state index contributed by atoms with van der Waals surface area (Å²) < 4.78 is 0. The number of aryl methyl sites for hydroxylation is 3. The van der Waals surface area contributed by atoms with Crippen LogP contribution in [0.15, 0.2) is 42.5 Å². The number of fused-ring (bicyclic) bond motifs is 1. The zero-order valence-electron chi connectivity index (χ0n) is 15.1. The van der Waals surface area contributed by atoms with Crippen LogP contribution < -0.4 is 9.80 Å². The maximum atomic E-state index is 13.0. The number of carbonyl (C=O) groups is 2. The zero-order chi connectivity index (χ0) is 18.0. The lowest BCUT2D eigenvalue weighted by atomic mass is 10.0. The normalized spacial score (nSPS) is 13.3. The molecule has 0 spiro atoms. The van der Waals surface area contributed by atoms with Crippen LogP contribution in [0.25, 0.3) is 0 Å². The fourth-order valence-electron chi connectivity index (χ4n) is 3.39. The molecule has 4 heteroatoms. The monoisotopic (exact) mass is 336 g/mol. The summed E-state index contributed by atoms with van der Waals surface area (Å²) in [5.41, 5.74) is 5.05. The van der Waals surface area contributed by atoms with E-state index in [2.05, 4.69) is 6.07 Å². The van der Waals surface area contributed by atoms with Crippen LogP contribution in [0.5, 0.6) is 0 Å². The van der Waals surface area contributed by atoms with E-state index in [1.165, 1.54) is 12.5 Å². The van der Waals surface area contributed by atoms with Gasteiger partial charge in [0.15, 0.2) is 0 Å². The summed E-state index contributed by atoms with van der Waals surface area (Å²) in [5.74, 6) is -0.157. The Morgan fingerprint density at radius 2 is 1.88 bits per heavy atom. The van der Waals surface area contributed by atoms with Crippen molar-refractivity contribution in [2.45, 2.75) is 33.6 Å². The van der Waals surface area contributed by atoms with Crippen LogP contribution in [0, 0.1) is 13.8 Å². The third-order valence-corrected chi connectivity index (χ3v) is 4.74. The second kappa shape index (κ2) is 7.09. The number of rotatable bonds is 3. The van der Waals surface area contributed by atoms with E-state index in [9.17, 15) is 9.59 Å². The molecule has 0 N–H and O–H groups in total. The van der Waals surface area contributed by atoms with E-state index in [4.69, 9.17) is 0 Å². The van der Waals surface area contributed by atoms with Crippen molar-refractivity contribution in [2.75, 3.05) is 22.9 Å². The molecule has 0 aliphatic carbocycles. The van der Waals surface area contributed by atoms with Crippen molar-refractivity contribution in [3.63, 3.8) is 0 Å². The van der Waals surface area contributed by atoms with E-state index in [0.29, 0.717) is 6.54 Å². The predicted molar refractivity (Wildman–Crippen MR) is 101 cm³/mol. The maximum absolute atomic E-state index is 13.0. The molecule has 25 heavy (non-hydrogen) atoms. The van der Waals surface area contributed by atoms with Gasteiger partial charge in [-0.25, -0.2) is 0 Å². The molecule has 1 aliphatic heterocycles. The van der Waals surface area contributed by atoms with Gasteiger partial charge in [-0.3, -0.25) is 9.59 Å². The van der Waals surface area contributed by atoms with Crippen molar-refractivity contribution in [2.24, 2.45) is 0 Å². The summed E-state index contributed by atoms with van der Waals surface area (Å²) in [6.07, 6.45) is 1.94. The van der Waals surface area contributed by atoms with Crippen molar-refractivity contribution in [3.8, 4) is 0 Å². The van der Waals surface area contributed by atoms with Crippen molar-refractivity contribution in [1.29, 1.82) is 0 Å². The molecular weight excluding hydrogens is 312 g/mol. The average molecular weight is 336 g/mol.